The average Bonchev–Trinajstić information content (AvgIpc) is 3.03. The zero-order valence-corrected chi connectivity index (χ0v) is 15.1. The Hall–Kier alpha value is -2.33. The van der Waals surface area contributed by atoms with Crippen molar-refractivity contribution in [3.63, 3.8) is 0 Å². The van der Waals surface area contributed by atoms with E-state index in [9.17, 15) is 4.79 Å². The fraction of sp³-hybridized carbons (Fsp3) is 0.381. The number of amides is 1. The number of ether oxygens (including phenoxy) is 1. The van der Waals surface area contributed by atoms with Crippen LogP contribution in [0.15, 0.2) is 54.6 Å². The van der Waals surface area contributed by atoms with Crippen LogP contribution >= 0.6 is 0 Å². The maximum absolute atomic E-state index is 13.3. The Morgan fingerprint density at radius 3 is 2.40 bits per heavy atom. The molecular weight excluding hydrogens is 312 g/mol. The molecule has 132 valence electrons. The molecule has 3 rings (SSSR count). The predicted molar refractivity (Wildman–Crippen MR) is 99.8 cm³/mol. The quantitative estimate of drug-likeness (QED) is 0.932. The van der Waals surface area contributed by atoms with Gasteiger partial charge >= 0.3 is 0 Å². The third-order valence-corrected chi connectivity index (χ3v) is 5.20. The summed E-state index contributed by atoms with van der Waals surface area (Å²) < 4.78 is 5.46. The van der Waals surface area contributed by atoms with Gasteiger partial charge in [-0.3, -0.25) is 4.79 Å². The van der Waals surface area contributed by atoms with Crippen molar-refractivity contribution in [2.45, 2.75) is 31.2 Å². The number of hydrogen-bond acceptors (Lipinski definition) is 3. The summed E-state index contributed by atoms with van der Waals surface area (Å²) in [4.78, 5) is 15.2. The minimum Gasteiger partial charge on any atom is -0.496 e. The summed E-state index contributed by atoms with van der Waals surface area (Å²) in [6, 6.07) is 17.9. The lowest BCUT2D eigenvalue weighted by molar-refractivity contribution is -0.135. The van der Waals surface area contributed by atoms with E-state index < -0.39 is 5.41 Å². The van der Waals surface area contributed by atoms with Crippen LogP contribution in [0.4, 0.5) is 0 Å². The maximum Gasteiger partial charge on any atom is 0.232 e. The van der Waals surface area contributed by atoms with Crippen molar-refractivity contribution < 1.29 is 9.53 Å². The van der Waals surface area contributed by atoms with Crippen LogP contribution < -0.4 is 10.5 Å². The summed E-state index contributed by atoms with van der Waals surface area (Å²) in [5.41, 5.74) is 7.79. The number of hydrogen-bond donors (Lipinski definition) is 1. The van der Waals surface area contributed by atoms with Crippen molar-refractivity contribution in [2.75, 3.05) is 20.2 Å². The number of nitrogens with two attached hydrogens (primary N) is 1. The Labute approximate surface area is 149 Å². The zero-order chi connectivity index (χ0) is 18.0. The molecule has 1 amide bonds. The highest BCUT2D eigenvalue weighted by atomic mass is 16.5. The first-order valence-electron chi connectivity index (χ1n) is 8.68. The second kappa shape index (κ2) is 6.89. The predicted octanol–water partition coefficient (Wildman–Crippen LogP) is 2.93. The van der Waals surface area contributed by atoms with Crippen LogP contribution in [0.1, 0.15) is 30.9 Å². The smallest absolute Gasteiger partial charge is 0.232 e. The lowest BCUT2D eigenvalue weighted by Gasteiger charge is -2.31. The first kappa shape index (κ1) is 17.5. The van der Waals surface area contributed by atoms with E-state index in [0.717, 1.165) is 11.3 Å². The van der Waals surface area contributed by atoms with Crippen molar-refractivity contribution in [3.8, 4) is 5.75 Å². The largest absolute Gasteiger partial charge is 0.496 e. The average molecular weight is 338 g/mol. The van der Waals surface area contributed by atoms with E-state index in [1.54, 1.807) is 7.11 Å². The van der Waals surface area contributed by atoms with Gasteiger partial charge in [0.05, 0.1) is 12.5 Å². The SMILES string of the molecule is COc1ccccc1C(C)(C)C(=O)N1C[C@@H](N)[C@H](c2ccccc2)C1. The Morgan fingerprint density at radius 1 is 1.08 bits per heavy atom. The molecule has 2 aromatic carbocycles. The fourth-order valence-corrected chi connectivity index (χ4v) is 3.72. The molecule has 1 heterocycles. The van der Waals surface area contributed by atoms with E-state index >= 15 is 0 Å². The topological polar surface area (TPSA) is 55.6 Å². The number of para-hydroxylation sites is 1. The van der Waals surface area contributed by atoms with Gasteiger partial charge in [0.15, 0.2) is 0 Å². The number of likely N-dealkylation sites (tertiary alicyclic amines) is 1. The highest BCUT2D eigenvalue weighted by Gasteiger charge is 2.41. The summed E-state index contributed by atoms with van der Waals surface area (Å²) in [5.74, 6) is 1.01. The Bertz CT molecular complexity index is 743. The summed E-state index contributed by atoms with van der Waals surface area (Å²) >= 11 is 0. The van der Waals surface area contributed by atoms with E-state index in [4.69, 9.17) is 10.5 Å². The van der Waals surface area contributed by atoms with Gasteiger partial charge in [-0.1, -0.05) is 48.5 Å². The van der Waals surface area contributed by atoms with Crippen LogP contribution in [0.5, 0.6) is 5.75 Å². The molecule has 0 unspecified atom stereocenters. The van der Waals surface area contributed by atoms with Gasteiger partial charge in [0.1, 0.15) is 5.75 Å². The lowest BCUT2D eigenvalue weighted by Crippen LogP contribution is -2.43. The number of carbonyl (C=O) groups is 1. The molecule has 0 bridgehead atoms. The molecule has 25 heavy (non-hydrogen) atoms. The molecular formula is C21H26N2O2. The van der Waals surface area contributed by atoms with Crippen molar-refractivity contribution in [1.29, 1.82) is 0 Å². The standard InChI is InChI=1S/C21H26N2O2/c1-21(2,17-11-7-8-12-19(17)25-3)20(24)23-13-16(18(22)14-23)15-9-5-4-6-10-15/h4-12,16,18H,13-14,22H2,1-3H3/t16-,18+/m0/s1. The van der Waals surface area contributed by atoms with Crippen LogP contribution in [-0.4, -0.2) is 37.0 Å². The van der Waals surface area contributed by atoms with Crippen molar-refractivity contribution in [1.82, 2.24) is 4.90 Å². The van der Waals surface area contributed by atoms with E-state index in [1.165, 1.54) is 5.56 Å². The Kier molecular flexibility index (Phi) is 4.82. The summed E-state index contributed by atoms with van der Waals surface area (Å²) in [5, 5.41) is 0. The lowest BCUT2D eigenvalue weighted by atomic mass is 9.82. The number of carbonyl (C=O) groups excluding carboxylic acids is 1. The van der Waals surface area contributed by atoms with Crippen molar-refractivity contribution in [2.24, 2.45) is 5.73 Å². The molecule has 2 N–H and O–H groups in total. The van der Waals surface area contributed by atoms with Crippen LogP contribution in [-0.2, 0) is 10.2 Å². The fourth-order valence-electron chi connectivity index (χ4n) is 3.72. The minimum absolute atomic E-state index is 0.0418. The molecule has 1 saturated heterocycles. The summed E-state index contributed by atoms with van der Waals surface area (Å²) in [6.07, 6.45) is 0. The summed E-state index contributed by atoms with van der Waals surface area (Å²) in [6.45, 7) is 5.14. The molecule has 1 aliphatic heterocycles. The van der Waals surface area contributed by atoms with Gasteiger partial charge in [0.25, 0.3) is 0 Å². The van der Waals surface area contributed by atoms with Crippen molar-refractivity contribution in [3.05, 3.63) is 65.7 Å². The second-order valence-corrected chi connectivity index (χ2v) is 7.22. The molecule has 1 aliphatic rings. The molecule has 2 atom stereocenters. The highest BCUT2D eigenvalue weighted by Crippen LogP contribution is 2.35. The molecule has 0 saturated carbocycles. The van der Waals surface area contributed by atoms with Crippen LogP contribution in [0.25, 0.3) is 0 Å². The van der Waals surface area contributed by atoms with E-state index in [0.29, 0.717) is 13.1 Å². The monoisotopic (exact) mass is 338 g/mol. The van der Waals surface area contributed by atoms with Gasteiger partial charge in [0.2, 0.25) is 5.91 Å². The molecule has 0 aromatic heterocycles. The molecule has 0 radical (unpaired) electrons. The van der Waals surface area contributed by atoms with Gasteiger partial charge in [-0.25, -0.2) is 0 Å². The first-order valence-corrected chi connectivity index (χ1v) is 8.68. The van der Waals surface area contributed by atoms with E-state index in [-0.39, 0.29) is 17.9 Å². The molecule has 1 fully saturated rings. The maximum atomic E-state index is 13.3. The van der Waals surface area contributed by atoms with Gasteiger partial charge in [0, 0.05) is 30.6 Å². The molecule has 2 aromatic rings. The number of benzene rings is 2. The number of nitrogens with zero attached hydrogens (tertiary/aromatic N) is 1. The van der Waals surface area contributed by atoms with Crippen LogP contribution in [0, 0.1) is 0 Å². The normalized spacial score (nSPS) is 20.6. The molecule has 4 nitrogen and oxygen atoms in total. The Balaban J connectivity index is 1.83. The number of methoxy groups -OCH3 is 1. The van der Waals surface area contributed by atoms with E-state index in [2.05, 4.69) is 12.1 Å². The second-order valence-electron chi connectivity index (χ2n) is 7.22. The van der Waals surface area contributed by atoms with Gasteiger partial charge in [-0.05, 0) is 25.5 Å². The molecule has 0 aliphatic carbocycles. The van der Waals surface area contributed by atoms with Crippen LogP contribution in [0.2, 0.25) is 0 Å². The minimum atomic E-state index is -0.669. The van der Waals surface area contributed by atoms with Gasteiger partial charge in [-0.2, -0.15) is 0 Å². The van der Waals surface area contributed by atoms with Gasteiger partial charge in [-0.15, -0.1) is 0 Å². The molecule has 4 heteroatoms. The summed E-state index contributed by atoms with van der Waals surface area (Å²) in [7, 11) is 1.64. The highest BCUT2D eigenvalue weighted by molar-refractivity contribution is 5.88. The van der Waals surface area contributed by atoms with E-state index in [1.807, 2.05) is 61.2 Å². The third-order valence-electron chi connectivity index (χ3n) is 5.20. The van der Waals surface area contributed by atoms with Crippen LogP contribution in [0.3, 0.4) is 0 Å². The number of rotatable bonds is 4. The Morgan fingerprint density at radius 2 is 1.72 bits per heavy atom. The third kappa shape index (κ3) is 3.27. The van der Waals surface area contributed by atoms with Gasteiger partial charge < -0.3 is 15.4 Å². The van der Waals surface area contributed by atoms with Crippen molar-refractivity contribution >= 4 is 5.91 Å². The molecule has 0 spiro atoms. The zero-order valence-electron chi connectivity index (χ0n) is 15.1. The first-order chi connectivity index (χ1) is 11.9.